The number of hydrogen-bond donors (Lipinski definition) is 0. The van der Waals surface area contributed by atoms with Gasteiger partial charge in [-0.05, 0) is 178 Å². The Kier molecular flexibility index (Phi) is 56.7. The van der Waals surface area contributed by atoms with E-state index in [0.717, 1.165) is 140 Å². The first-order valence-electron chi connectivity index (χ1n) is 51.1. The van der Waals surface area contributed by atoms with Gasteiger partial charge in [0.05, 0.1) is 39.6 Å². The molecule has 7 aromatic rings. The monoisotopic (exact) mass is 1640 g/mol. The molecule has 0 aliphatic carbocycles. The Morgan fingerprint density at radius 2 is 0.208 bits per heavy atom. The highest BCUT2D eigenvalue weighted by atomic mass is 16.5. The number of benzene rings is 7. The summed E-state index contributed by atoms with van der Waals surface area (Å²) in [6, 6.07) is 54.9. The minimum absolute atomic E-state index is 0.706. The van der Waals surface area contributed by atoms with E-state index in [1.54, 1.807) is 0 Å². The van der Waals surface area contributed by atoms with Gasteiger partial charge in [0.2, 0.25) is 0 Å². The summed E-state index contributed by atoms with van der Waals surface area (Å²) < 4.78 is 40.4. The molecule has 0 heterocycles. The highest BCUT2D eigenvalue weighted by molar-refractivity contribution is 6.15. The number of ether oxygens (including phenoxy) is 6. The maximum absolute atomic E-state index is 6.73. The van der Waals surface area contributed by atoms with E-state index in [0.29, 0.717) is 39.6 Å². The predicted octanol–water partition coefficient (Wildman–Crippen LogP) is 37.5. The van der Waals surface area contributed by atoms with Crippen LogP contribution in [0, 0.1) is 0 Å². The van der Waals surface area contributed by atoms with Crippen LogP contribution in [0.5, 0.6) is 34.5 Å². The third kappa shape index (κ3) is 42.1. The lowest BCUT2D eigenvalue weighted by atomic mass is 9.74. The second-order valence-corrected chi connectivity index (χ2v) is 35.6. The van der Waals surface area contributed by atoms with E-state index in [9.17, 15) is 0 Å². The molecule has 120 heavy (non-hydrogen) atoms. The molecule has 0 N–H and O–H groups in total. The zero-order valence-electron chi connectivity index (χ0n) is 78.0. The van der Waals surface area contributed by atoms with Gasteiger partial charge in [0.25, 0.3) is 0 Å². The van der Waals surface area contributed by atoms with Crippen LogP contribution in [0.3, 0.4) is 0 Å². The molecule has 0 fully saturated rings. The Labute approximate surface area is 737 Å². The summed E-state index contributed by atoms with van der Waals surface area (Å²) in [6.07, 6.45) is 77.6. The Hall–Kier alpha value is -6.66. The van der Waals surface area contributed by atoms with Crippen LogP contribution in [0.15, 0.2) is 146 Å². The Balaban J connectivity index is 1.37. The van der Waals surface area contributed by atoms with Gasteiger partial charge in [-0.2, -0.15) is 0 Å². The molecule has 0 spiro atoms. The lowest BCUT2D eigenvalue weighted by molar-refractivity contribution is 0.304. The van der Waals surface area contributed by atoms with Crippen LogP contribution >= 0.6 is 0 Å². The van der Waals surface area contributed by atoms with Gasteiger partial charge in [0.1, 0.15) is 34.5 Å². The van der Waals surface area contributed by atoms with Crippen molar-refractivity contribution in [3.63, 3.8) is 0 Å². The molecule has 0 atom stereocenters. The molecule has 6 heteroatoms. The summed E-state index contributed by atoms with van der Waals surface area (Å²) in [6.45, 7) is 18.1. The van der Waals surface area contributed by atoms with E-state index in [-0.39, 0.29) is 0 Å². The smallest absolute Gasteiger partial charge is 0.119 e. The predicted molar refractivity (Wildman–Crippen MR) is 523 cm³/mol. The van der Waals surface area contributed by atoms with Crippen molar-refractivity contribution in [2.45, 2.75) is 427 Å². The Morgan fingerprint density at radius 1 is 0.117 bits per heavy atom. The topological polar surface area (TPSA) is 55.4 Å². The second-order valence-electron chi connectivity index (χ2n) is 35.6. The van der Waals surface area contributed by atoms with Crippen molar-refractivity contribution < 1.29 is 28.4 Å². The second kappa shape index (κ2) is 67.8. The fraction of sp³-hybridized carbons (Fsp3) is 0.632. The number of rotatable bonds is 78. The van der Waals surface area contributed by atoms with E-state index in [4.69, 9.17) is 28.4 Å². The standard InChI is InChI=1S/C114H174O6/c1-7-13-19-25-31-37-43-49-55-61-91-115-103-79-67-97(68-80-103)109-110(98-69-81-104(82-70-98)116-92-62-56-50-44-38-32-26-20-14-8-2)112(100-73-85-106(86-74-100)118-94-64-58-52-46-40-34-28-22-16-10-4)114(102-77-89-108(90-78-102)120-96-66-60-54-48-42-36-30-24-18-12-6)113(101-75-87-107(88-76-101)119-95-65-59-53-47-41-35-29-23-17-11-5)111(109)99-71-83-105(84-72-99)117-93-63-57-51-45-39-33-27-21-15-9-3/h67-90H,7-66,91-96H2,1-6H3. The third-order valence-electron chi connectivity index (χ3n) is 25.0. The quantitative estimate of drug-likeness (QED) is 0.0354. The maximum Gasteiger partial charge on any atom is 0.119 e. The van der Waals surface area contributed by atoms with Crippen molar-refractivity contribution in [3.8, 4) is 101 Å². The third-order valence-corrected chi connectivity index (χ3v) is 25.0. The van der Waals surface area contributed by atoms with Gasteiger partial charge >= 0.3 is 0 Å². The number of unbranched alkanes of at least 4 members (excludes halogenated alkanes) is 54. The molecule has 0 bridgehead atoms. The molecular formula is C114H174O6. The molecule has 666 valence electrons. The van der Waals surface area contributed by atoms with Gasteiger partial charge in [0, 0.05) is 0 Å². The average Bonchev–Trinajstić information content (AvgIpc) is 0.714. The first-order chi connectivity index (χ1) is 59.5. The summed E-state index contributed by atoms with van der Waals surface area (Å²) >= 11 is 0. The fourth-order valence-corrected chi connectivity index (χ4v) is 17.5. The van der Waals surface area contributed by atoms with E-state index in [1.165, 1.54) is 347 Å². The molecule has 0 aromatic heterocycles. The average molecular weight is 1640 g/mol. The molecular weight excluding hydrogens is 1470 g/mol. The summed E-state index contributed by atoms with van der Waals surface area (Å²) in [5, 5.41) is 0. The van der Waals surface area contributed by atoms with E-state index >= 15 is 0 Å². The van der Waals surface area contributed by atoms with Gasteiger partial charge in [0.15, 0.2) is 0 Å². The fourth-order valence-electron chi connectivity index (χ4n) is 17.5. The van der Waals surface area contributed by atoms with Gasteiger partial charge in [-0.1, -0.05) is 461 Å². The molecule has 0 saturated heterocycles. The van der Waals surface area contributed by atoms with Crippen LogP contribution in [-0.2, 0) is 0 Å². The van der Waals surface area contributed by atoms with Crippen LogP contribution in [0.4, 0.5) is 0 Å². The van der Waals surface area contributed by atoms with E-state index < -0.39 is 0 Å². The Morgan fingerprint density at radius 3 is 0.308 bits per heavy atom. The van der Waals surface area contributed by atoms with Crippen LogP contribution in [0.2, 0.25) is 0 Å². The zero-order valence-corrected chi connectivity index (χ0v) is 78.0. The molecule has 0 radical (unpaired) electrons. The first kappa shape index (κ1) is 100. The number of hydrogen-bond acceptors (Lipinski definition) is 6. The van der Waals surface area contributed by atoms with Crippen molar-refractivity contribution in [2.24, 2.45) is 0 Å². The van der Waals surface area contributed by atoms with Gasteiger partial charge in [-0.25, -0.2) is 0 Å². The molecule has 0 aliphatic heterocycles. The van der Waals surface area contributed by atoms with Gasteiger partial charge in [-0.3, -0.25) is 0 Å². The normalized spacial score (nSPS) is 11.4. The van der Waals surface area contributed by atoms with Crippen LogP contribution in [0.1, 0.15) is 427 Å². The van der Waals surface area contributed by atoms with Crippen molar-refractivity contribution in [1.29, 1.82) is 0 Å². The summed E-state index contributed by atoms with van der Waals surface area (Å²) in [4.78, 5) is 0. The minimum Gasteiger partial charge on any atom is -0.494 e. The van der Waals surface area contributed by atoms with Crippen molar-refractivity contribution in [3.05, 3.63) is 146 Å². The SMILES string of the molecule is CCCCCCCCCCCCOc1ccc(-c2c(-c3ccc(OCCCCCCCCCCCC)cc3)c(-c3ccc(OCCCCCCCCCCCC)cc3)c(-c3ccc(OCCCCCCCCCCCC)cc3)c(-c3ccc(OCCCCCCCCCCCC)cc3)c2-c2ccc(OCCCCCCCCCCCC)cc2)cc1. The van der Waals surface area contributed by atoms with Crippen molar-refractivity contribution in [2.75, 3.05) is 39.6 Å². The lowest BCUT2D eigenvalue weighted by Gasteiger charge is -2.29. The molecule has 0 amide bonds. The summed E-state index contributed by atoms with van der Waals surface area (Å²) in [7, 11) is 0. The van der Waals surface area contributed by atoms with Crippen LogP contribution < -0.4 is 28.4 Å². The molecule has 0 unspecified atom stereocenters. The minimum atomic E-state index is 0.706. The summed E-state index contributed by atoms with van der Waals surface area (Å²) in [5.74, 6) is 5.42. The zero-order chi connectivity index (χ0) is 84.3. The van der Waals surface area contributed by atoms with Crippen LogP contribution in [0.25, 0.3) is 66.8 Å². The van der Waals surface area contributed by atoms with E-state index in [1.807, 2.05) is 0 Å². The summed E-state index contributed by atoms with van der Waals surface area (Å²) in [5.41, 5.74) is 13.6. The Bertz CT molecular complexity index is 2910. The van der Waals surface area contributed by atoms with E-state index in [2.05, 4.69) is 187 Å². The molecule has 0 saturated carbocycles. The molecule has 7 rings (SSSR count). The highest BCUT2D eigenvalue weighted by Gasteiger charge is 2.30. The molecule has 0 aliphatic rings. The van der Waals surface area contributed by atoms with Gasteiger partial charge < -0.3 is 28.4 Å². The van der Waals surface area contributed by atoms with Crippen molar-refractivity contribution in [1.82, 2.24) is 0 Å². The maximum atomic E-state index is 6.73. The first-order valence-corrected chi connectivity index (χ1v) is 51.1. The van der Waals surface area contributed by atoms with Gasteiger partial charge in [-0.15, -0.1) is 0 Å². The molecule has 6 nitrogen and oxygen atoms in total. The molecule has 7 aromatic carbocycles. The van der Waals surface area contributed by atoms with Crippen molar-refractivity contribution >= 4 is 0 Å². The van der Waals surface area contributed by atoms with Crippen LogP contribution in [-0.4, -0.2) is 39.6 Å². The lowest BCUT2D eigenvalue weighted by Crippen LogP contribution is -2.03. The largest absolute Gasteiger partial charge is 0.494 e. The highest BCUT2D eigenvalue weighted by Crippen LogP contribution is 2.57.